The van der Waals surface area contributed by atoms with Crippen LogP contribution >= 0.6 is 0 Å². The van der Waals surface area contributed by atoms with Crippen molar-refractivity contribution in [2.24, 2.45) is 0 Å². The highest BCUT2D eigenvalue weighted by Gasteiger charge is 2.22. The van der Waals surface area contributed by atoms with E-state index in [4.69, 9.17) is 0 Å². The molecule has 1 aliphatic rings. The van der Waals surface area contributed by atoms with Crippen molar-refractivity contribution in [3.8, 4) is 0 Å². The van der Waals surface area contributed by atoms with E-state index in [0.717, 1.165) is 24.3 Å². The summed E-state index contributed by atoms with van der Waals surface area (Å²) < 4.78 is 53.5. The largest absolute Gasteiger partial charge is 0.324 e. The highest BCUT2D eigenvalue weighted by atomic mass is 32.2. The third-order valence-electron chi connectivity index (χ3n) is 3.34. The predicted octanol–water partition coefficient (Wildman–Crippen LogP) is 2.05. The van der Waals surface area contributed by atoms with E-state index < -0.39 is 45.6 Å². The lowest BCUT2D eigenvalue weighted by Gasteiger charge is -2.12. The quantitative estimate of drug-likeness (QED) is 0.722. The minimum absolute atomic E-state index is 0.0819. The van der Waals surface area contributed by atoms with Crippen molar-refractivity contribution >= 4 is 38.9 Å². The molecule has 0 spiro atoms. The van der Waals surface area contributed by atoms with Crippen LogP contribution in [0.1, 0.15) is 6.42 Å². The topological polar surface area (TPSA) is 104 Å². The van der Waals surface area contributed by atoms with E-state index in [2.05, 4.69) is 10.6 Å². The number of hydrogen-bond acceptors (Lipinski definition) is 4. The third kappa shape index (κ3) is 3.58. The Morgan fingerprint density at radius 1 is 0.920 bits per heavy atom. The zero-order chi connectivity index (χ0) is 18.2. The van der Waals surface area contributed by atoms with Gasteiger partial charge in [0.25, 0.3) is 10.0 Å². The lowest BCUT2D eigenvalue weighted by atomic mass is 10.2. The Labute approximate surface area is 141 Å². The molecule has 2 aromatic rings. The third-order valence-corrected chi connectivity index (χ3v) is 4.71. The lowest BCUT2D eigenvalue weighted by molar-refractivity contribution is -0.123. The van der Waals surface area contributed by atoms with Crippen LogP contribution in [-0.4, -0.2) is 20.2 Å². The second kappa shape index (κ2) is 6.13. The van der Waals surface area contributed by atoms with Gasteiger partial charge in [-0.1, -0.05) is 0 Å². The molecule has 1 aliphatic heterocycles. The molecule has 0 saturated carbocycles. The summed E-state index contributed by atoms with van der Waals surface area (Å²) >= 11 is 0. The Morgan fingerprint density at radius 3 is 2.32 bits per heavy atom. The molecule has 3 rings (SSSR count). The molecular weight excluding hydrogens is 356 g/mol. The first-order valence-corrected chi connectivity index (χ1v) is 8.44. The SMILES string of the molecule is O=C1CC(=O)Nc2cc(S(=O)(=O)Nc3cc(F)ccc3F)ccc2N1. The van der Waals surface area contributed by atoms with Crippen LogP contribution in [0.5, 0.6) is 0 Å². The van der Waals surface area contributed by atoms with Gasteiger partial charge in [0.05, 0.1) is 22.0 Å². The number of nitrogens with one attached hydrogen (secondary N) is 3. The molecule has 0 unspecified atom stereocenters. The molecule has 2 amide bonds. The molecule has 0 radical (unpaired) electrons. The summed E-state index contributed by atoms with van der Waals surface area (Å²) in [6.45, 7) is 0. The van der Waals surface area contributed by atoms with E-state index in [1.54, 1.807) is 0 Å². The molecule has 2 aromatic carbocycles. The number of sulfonamides is 1. The average molecular weight is 367 g/mol. The van der Waals surface area contributed by atoms with E-state index in [1.807, 2.05) is 4.72 Å². The van der Waals surface area contributed by atoms with Gasteiger partial charge in [0.1, 0.15) is 18.1 Å². The van der Waals surface area contributed by atoms with Gasteiger partial charge in [-0.25, -0.2) is 17.2 Å². The summed E-state index contributed by atoms with van der Waals surface area (Å²) in [6, 6.07) is 5.91. The van der Waals surface area contributed by atoms with Crippen molar-refractivity contribution in [1.82, 2.24) is 0 Å². The predicted molar refractivity (Wildman–Crippen MR) is 85.5 cm³/mol. The van der Waals surface area contributed by atoms with Crippen molar-refractivity contribution in [3.05, 3.63) is 48.0 Å². The molecule has 0 aromatic heterocycles. The number of hydrogen-bond donors (Lipinski definition) is 3. The molecule has 7 nitrogen and oxygen atoms in total. The first-order chi connectivity index (χ1) is 11.7. The second-order valence-corrected chi connectivity index (χ2v) is 6.89. The maximum atomic E-state index is 13.6. The van der Waals surface area contributed by atoms with Crippen molar-refractivity contribution in [1.29, 1.82) is 0 Å². The van der Waals surface area contributed by atoms with Gasteiger partial charge in [-0.2, -0.15) is 0 Å². The lowest BCUT2D eigenvalue weighted by Crippen LogP contribution is -2.16. The van der Waals surface area contributed by atoms with Gasteiger partial charge < -0.3 is 10.6 Å². The average Bonchev–Trinajstić information content (AvgIpc) is 2.66. The number of carbonyl (C=O) groups excluding carboxylic acids is 2. The van der Waals surface area contributed by atoms with E-state index in [1.165, 1.54) is 6.07 Å². The van der Waals surface area contributed by atoms with Gasteiger partial charge in [-0.15, -0.1) is 0 Å². The van der Waals surface area contributed by atoms with Crippen LogP contribution in [0.4, 0.5) is 25.8 Å². The van der Waals surface area contributed by atoms with Gasteiger partial charge in [-0.3, -0.25) is 14.3 Å². The molecule has 130 valence electrons. The first kappa shape index (κ1) is 16.8. The Kier molecular flexibility index (Phi) is 4.13. The fourth-order valence-electron chi connectivity index (χ4n) is 2.22. The number of benzene rings is 2. The second-order valence-electron chi connectivity index (χ2n) is 5.21. The fraction of sp³-hybridized carbons (Fsp3) is 0.0667. The zero-order valence-corrected chi connectivity index (χ0v) is 13.3. The minimum atomic E-state index is -4.25. The zero-order valence-electron chi connectivity index (χ0n) is 12.5. The van der Waals surface area contributed by atoms with Crippen LogP contribution in [0.3, 0.4) is 0 Å². The van der Waals surface area contributed by atoms with Gasteiger partial charge in [-0.05, 0) is 30.3 Å². The Bertz CT molecular complexity index is 992. The van der Waals surface area contributed by atoms with Gasteiger partial charge in [0.2, 0.25) is 11.8 Å². The normalized spacial score (nSPS) is 14.2. The first-order valence-electron chi connectivity index (χ1n) is 6.96. The maximum absolute atomic E-state index is 13.6. The Hall–Kier alpha value is -3.01. The van der Waals surface area contributed by atoms with Crippen LogP contribution in [0.2, 0.25) is 0 Å². The number of carbonyl (C=O) groups is 2. The van der Waals surface area contributed by atoms with E-state index >= 15 is 0 Å². The molecule has 0 bridgehead atoms. The molecule has 0 atom stereocenters. The van der Waals surface area contributed by atoms with Gasteiger partial charge in [0.15, 0.2) is 0 Å². The van der Waals surface area contributed by atoms with Crippen molar-refractivity contribution in [2.45, 2.75) is 11.3 Å². The summed E-state index contributed by atoms with van der Waals surface area (Å²) in [7, 11) is -4.25. The van der Waals surface area contributed by atoms with E-state index in [-0.39, 0.29) is 16.3 Å². The molecule has 3 N–H and O–H groups in total. The number of fused-ring (bicyclic) bond motifs is 1. The van der Waals surface area contributed by atoms with Crippen molar-refractivity contribution in [3.63, 3.8) is 0 Å². The van der Waals surface area contributed by atoms with Crippen molar-refractivity contribution < 1.29 is 26.8 Å². The number of anilines is 3. The maximum Gasteiger partial charge on any atom is 0.262 e. The van der Waals surface area contributed by atoms with Crippen LogP contribution in [-0.2, 0) is 19.6 Å². The molecule has 1 heterocycles. The molecule has 0 fully saturated rings. The summed E-state index contributed by atoms with van der Waals surface area (Å²) in [4.78, 5) is 22.7. The van der Waals surface area contributed by atoms with Crippen LogP contribution in [0, 0.1) is 11.6 Å². The number of rotatable bonds is 3. The Balaban J connectivity index is 1.97. The highest BCUT2D eigenvalue weighted by Crippen LogP contribution is 2.29. The van der Waals surface area contributed by atoms with Crippen LogP contribution in [0.15, 0.2) is 41.3 Å². The van der Waals surface area contributed by atoms with E-state index in [0.29, 0.717) is 6.07 Å². The minimum Gasteiger partial charge on any atom is -0.324 e. The number of halogens is 2. The summed E-state index contributed by atoms with van der Waals surface area (Å²) in [5.41, 5.74) is -0.238. The van der Waals surface area contributed by atoms with Crippen LogP contribution in [0.25, 0.3) is 0 Å². The monoisotopic (exact) mass is 367 g/mol. The van der Waals surface area contributed by atoms with E-state index in [9.17, 15) is 26.8 Å². The smallest absolute Gasteiger partial charge is 0.262 e. The standard InChI is InChI=1S/C15H11F2N3O4S/c16-8-1-3-10(17)12(5-8)20-25(23,24)9-2-4-11-13(6-9)19-15(22)7-14(21)18-11/h1-6,20H,7H2,(H,18,21)(H,19,22). The van der Waals surface area contributed by atoms with Crippen LogP contribution < -0.4 is 15.4 Å². The van der Waals surface area contributed by atoms with Crippen molar-refractivity contribution in [2.75, 3.05) is 15.4 Å². The number of amides is 2. The summed E-state index contributed by atoms with van der Waals surface area (Å²) in [5, 5.41) is 4.85. The van der Waals surface area contributed by atoms with Gasteiger partial charge in [0, 0.05) is 6.07 Å². The molecule has 10 heteroatoms. The molecule has 0 aliphatic carbocycles. The highest BCUT2D eigenvalue weighted by molar-refractivity contribution is 7.92. The molecular formula is C15H11F2N3O4S. The van der Waals surface area contributed by atoms with Gasteiger partial charge >= 0.3 is 0 Å². The summed E-state index contributed by atoms with van der Waals surface area (Å²) in [6.07, 6.45) is -0.399. The Morgan fingerprint density at radius 2 is 1.60 bits per heavy atom. The molecule has 25 heavy (non-hydrogen) atoms. The fourth-order valence-corrected chi connectivity index (χ4v) is 3.30. The summed E-state index contributed by atoms with van der Waals surface area (Å²) in [5.74, 6) is -2.89. The molecule has 0 saturated heterocycles.